The molecule has 0 aliphatic rings. The Morgan fingerprint density at radius 3 is 2.44 bits per heavy atom. The molecule has 0 atom stereocenters. The van der Waals surface area contributed by atoms with Crippen molar-refractivity contribution in [2.75, 3.05) is 26.7 Å². The van der Waals surface area contributed by atoms with Crippen LogP contribution in [0.15, 0.2) is 44.2 Å². The Hall–Kier alpha value is -1.42. The maximum absolute atomic E-state index is 12.0. The van der Waals surface area contributed by atoms with Gasteiger partial charge in [0, 0.05) is 37.0 Å². The fourth-order valence-corrected chi connectivity index (χ4v) is 5.05. The molecule has 0 bridgehead atoms. The average Bonchev–Trinajstić information content (AvgIpc) is 3.27. The lowest BCUT2D eigenvalue weighted by molar-refractivity contribution is 0.518. The lowest BCUT2D eigenvalue weighted by Crippen LogP contribution is -2.45. The number of hydrogen-bond donors (Lipinski definition) is 3. The van der Waals surface area contributed by atoms with Crippen LogP contribution in [0.4, 0.5) is 0 Å². The van der Waals surface area contributed by atoms with E-state index in [0.717, 1.165) is 6.54 Å². The van der Waals surface area contributed by atoms with Crippen LogP contribution < -0.4 is 15.4 Å². The normalized spacial score (nSPS) is 13.0. The highest BCUT2D eigenvalue weighted by Crippen LogP contribution is 2.26. The van der Waals surface area contributed by atoms with E-state index in [4.69, 9.17) is 0 Å². The third kappa shape index (κ3) is 5.81. The lowest BCUT2D eigenvalue weighted by atomic mass is 9.91. The third-order valence-corrected chi connectivity index (χ3v) is 7.67. The van der Waals surface area contributed by atoms with Crippen LogP contribution in [0, 0.1) is 0 Å². The Bertz CT molecular complexity index is 766. The highest BCUT2D eigenvalue weighted by Gasteiger charge is 2.22. The molecule has 0 spiro atoms. The minimum atomic E-state index is -3.42. The van der Waals surface area contributed by atoms with E-state index in [1.165, 1.54) is 16.2 Å². The van der Waals surface area contributed by atoms with E-state index < -0.39 is 10.0 Å². The van der Waals surface area contributed by atoms with Gasteiger partial charge in [-0.05, 0) is 22.9 Å². The molecule has 0 aromatic carbocycles. The van der Waals surface area contributed by atoms with Crippen LogP contribution in [-0.2, 0) is 15.4 Å². The summed E-state index contributed by atoms with van der Waals surface area (Å²) in [5.41, 5.74) is -0.00739. The van der Waals surface area contributed by atoms with Gasteiger partial charge < -0.3 is 10.6 Å². The molecule has 2 heterocycles. The first-order valence-electron chi connectivity index (χ1n) is 7.87. The van der Waals surface area contributed by atoms with Gasteiger partial charge in [0.2, 0.25) is 10.0 Å². The van der Waals surface area contributed by atoms with Crippen molar-refractivity contribution in [3.63, 3.8) is 0 Å². The summed E-state index contributed by atoms with van der Waals surface area (Å²) in [6.45, 7) is 5.82. The Morgan fingerprint density at radius 1 is 1.12 bits per heavy atom. The highest BCUT2D eigenvalue weighted by atomic mass is 32.2. The van der Waals surface area contributed by atoms with Crippen molar-refractivity contribution < 1.29 is 8.42 Å². The zero-order valence-electron chi connectivity index (χ0n) is 14.6. The zero-order chi connectivity index (χ0) is 18.3. The number of nitrogens with zero attached hydrogens (tertiary/aromatic N) is 1. The van der Waals surface area contributed by atoms with E-state index in [1.54, 1.807) is 35.9 Å². The third-order valence-electron chi connectivity index (χ3n) is 3.58. The Labute approximate surface area is 157 Å². The molecule has 0 fully saturated rings. The van der Waals surface area contributed by atoms with Gasteiger partial charge in [-0.1, -0.05) is 26.0 Å². The van der Waals surface area contributed by atoms with Crippen LogP contribution >= 0.6 is 22.7 Å². The number of nitrogens with one attached hydrogen (secondary N) is 3. The fraction of sp³-hybridized carbons (Fsp3) is 0.438. The standard InChI is InChI=1S/C16H24N4O2S3/c1-16(2,13-6-4-10-23-13)12-19-15(17-3)18-8-9-20-25(21,22)14-7-5-11-24-14/h4-7,10-11,20H,8-9,12H2,1-3H3,(H2,17,18,19). The zero-order valence-corrected chi connectivity index (χ0v) is 17.0. The minimum Gasteiger partial charge on any atom is -0.356 e. The summed E-state index contributed by atoms with van der Waals surface area (Å²) in [6.07, 6.45) is 0. The molecule has 6 nitrogen and oxygen atoms in total. The Kier molecular flexibility index (Phi) is 7.00. The predicted molar refractivity (Wildman–Crippen MR) is 106 cm³/mol. The summed E-state index contributed by atoms with van der Waals surface area (Å²) in [4.78, 5) is 5.48. The van der Waals surface area contributed by atoms with Gasteiger partial charge in [0.1, 0.15) is 4.21 Å². The molecular weight excluding hydrogens is 376 g/mol. The number of sulfonamides is 1. The molecule has 0 saturated carbocycles. The van der Waals surface area contributed by atoms with Crippen molar-refractivity contribution in [1.82, 2.24) is 15.4 Å². The smallest absolute Gasteiger partial charge is 0.250 e. The summed E-state index contributed by atoms with van der Waals surface area (Å²) >= 11 is 2.94. The molecule has 9 heteroatoms. The quantitative estimate of drug-likeness (QED) is 0.360. The molecule has 138 valence electrons. The molecule has 2 rings (SSSR count). The van der Waals surface area contributed by atoms with Crippen LogP contribution in [0.1, 0.15) is 18.7 Å². The Balaban J connectivity index is 1.76. The average molecular weight is 401 g/mol. The fourth-order valence-electron chi connectivity index (χ4n) is 2.13. The maximum Gasteiger partial charge on any atom is 0.250 e. The van der Waals surface area contributed by atoms with E-state index in [0.29, 0.717) is 16.7 Å². The largest absolute Gasteiger partial charge is 0.356 e. The molecular formula is C16H24N4O2S3. The van der Waals surface area contributed by atoms with Crippen LogP contribution in [-0.4, -0.2) is 41.1 Å². The summed E-state index contributed by atoms with van der Waals surface area (Å²) < 4.78 is 26.9. The van der Waals surface area contributed by atoms with Crippen molar-refractivity contribution in [2.24, 2.45) is 4.99 Å². The van der Waals surface area contributed by atoms with Gasteiger partial charge in [-0.15, -0.1) is 22.7 Å². The van der Waals surface area contributed by atoms with Crippen LogP contribution in [0.5, 0.6) is 0 Å². The first kappa shape index (κ1) is 19.9. The number of rotatable bonds is 8. The highest BCUT2D eigenvalue weighted by molar-refractivity contribution is 7.91. The SMILES string of the molecule is CN=C(NCCNS(=O)(=O)c1cccs1)NCC(C)(C)c1cccs1. The molecule has 0 aliphatic carbocycles. The topological polar surface area (TPSA) is 82.6 Å². The molecule has 0 amide bonds. The molecule has 0 saturated heterocycles. The molecule has 2 aromatic heterocycles. The summed E-state index contributed by atoms with van der Waals surface area (Å²) in [5, 5.41) is 10.2. The summed E-state index contributed by atoms with van der Waals surface area (Å²) in [5.74, 6) is 0.653. The van der Waals surface area contributed by atoms with Gasteiger partial charge in [0.25, 0.3) is 0 Å². The Morgan fingerprint density at radius 2 is 1.84 bits per heavy atom. The van der Waals surface area contributed by atoms with Crippen LogP contribution in [0.25, 0.3) is 0 Å². The predicted octanol–water partition coefficient (Wildman–Crippen LogP) is 2.23. The number of thiophene rings is 2. The van der Waals surface area contributed by atoms with E-state index in [-0.39, 0.29) is 12.0 Å². The molecule has 0 unspecified atom stereocenters. The number of aliphatic imine (C=N–C) groups is 1. The van der Waals surface area contributed by atoms with Crippen LogP contribution in [0.3, 0.4) is 0 Å². The maximum atomic E-state index is 12.0. The second-order valence-electron chi connectivity index (χ2n) is 6.04. The van der Waals surface area contributed by atoms with Gasteiger partial charge in [0.15, 0.2) is 5.96 Å². The van der Waals surface area contributed by atoms with E-state index in [2.05, 4.69) is 51.7 Å². The van der Waals surface area contributed by atoms with Crippen LogP contribution in [0.2, 0.25) is 0 Å². The summed E-state index contributed by atoms with van der Waals surface area (Å²) in [7, 11) is -1.72. The summed E-state index contributed by atoms with van der Waals surface area (Å²) in [6, 6.07) is 7.49. The van der Waals surface area contributed by atoms with Gasteiger partial charge in [0.05, 0.1) is 0 Å². The minimum absolute atomic E-state index is 0.00739. The number of guanidine groups is 1. The van der Waals surface area contributed by atoms with Crippen molar-refractivity contribution >= 4 is 38.7 Å². The van der Waals surface area contributed by atoms with Crippen molar-refractivity contribution in [3.05, 3.63) is 39.9 Å². The lowest BCUT2D eigenvalue weighted by Gasteiger charge is -2.25. The van der Waals surface area contributed by atoms with Crippen molar-refractivity contribution in [2.45, 2.75) is 23.5 Å². The van der Waals surface area contributed by atoms with E-state index in [1.807, 2.05) is 0 Å². The van der Waals surface area contributed by atoms with Gasteiger partial charge >= 0.3 is 0 Å². The monoisotopic (exact) mass is 400 g/mol. The first-order chi connectivity index (χ1) is 11.8. The molecule has 0 aliphatic heterocycles. The van der Waals surface area contributed by atoms with E-state index in [9.17, 15) is 8.42 Å². The van der Waals surface area contributed by atoms with Crippen molar-refractivity contribution in [1.29, 1.82) is 0 Å². The molecule has 0 radical (unpaired) electrons. The number of hydrogen-bond acceptors (Lipinski definition) is 5. The molecule has 2 aromatic rings. The second-order valence-corrected chi connectivity index (χ2v) is 9.93. The van der Waals surface area contributed by atoms with Crippen molar-refractivity contribution in [3.8, 4) is 0 Å². The van der Waals surface area contributed by atoms with E-state index >= 15 is 0 Å². The molecule has 25 heavy (non-hydrogen) atoms. The second kappa shape index (κ2) is 8.79. The van der Waals surface area contributed by atoms with Gasteiger partial charge in [-0.3, -0.25) is 4.99 Å². The first-order valence-corrected chi connectivity index (χ1v) is 11.1. The van der Waals surface area contributed by atoms with Gasteiger partial charge in [-0.25, -0.2) is 13.1 Å². The molecule has 3 N–H and O–H groups in total. The van der Waals surface area contributed by atoms with Gasteiger partial charge in [-0.2, -0.15) is 0 Å².